The zero-order valence-electron chi connectivity index (χ0n) is 10.0. The van der Waals surface area contributed by atoms with E-state index in [1.165, 1.54) is 12.1 Å². The molecule has 6 heteroatoms. The van der Waals surface area contributed by atoms with Crippen molar-refractivity contribution in [3.05, 3.63) is 56.3 Å². The van der Waals surface area contributed by atoms with Crippen LogP contribution in [0.15, 0.2) is 30.3 Å². The zero-order chi connectivity index (χ0) is 14.0. The molecule has 1 aromatic heterocycles. The maximum Gasteiger partial charge on any atom is 0.270 e. The van der Waals surface area contributed by atoms with E-state index in [1.807, 2.05) is 13.0 Å². The third-order valence-electron chi connectivity index (χ3n) is 2.65. The third kappa shape index (κ3) is 2.51. The monoisotopic (exact) mass is 271 g/mol. The van der Waals surface area contributed by atoms with Crippen molar-refractivity contribution in [2.75, 3.05) is 0 Å². The Morgan fingerprint density at radius 2 is 2.16 bits per heavy atom. The minimum Gasteiger partial charge on any atom is -0.349 e. The van der Waals surface area contributed by atoms with Crippen molar-refractivity contribution in [1.29, 1.82) is 5.26 Å². The second kappa shape index (κ2) is 5.00. The van der Waals surface area contributed by atoms with Crippen molar-refractivity contribution in [2.24, 2.45) is 0 Å². The van der Waals surface area contributed by atoms with Gasteiger partial charge in [-0.25, -0.2) is 0 Å². The van der Waals surface area contributed by atoms with Gasteiger partial charge in [0.25, 0.3) is 5.69 Å². The van der Waals surface area contributed by atoms with E-state index in [4.69, 9.17) is 17.5 Å². The Hall–Kier alpha value is -2.52. The first-order chi connectivity index (χ1) is 9.02. The topological polar surface area (TPSA) is 82.7 Å². The normalized spacial score (nSPS) is 9.89. The average Bonchev–Trinajstić information content (AvgIpc) is 2.38. The molecule has 2 rings (SSSR count). The average molecular weight is 271 g/mol. The number of pyridine rings is 1. The number of non-ortho nitro benzene ring substituents is 1. The number of H-pyrrole nitrogens is 1. The van der Waals surface area contributed by atoms with Crippen LogP contribution in [-0.4, -0.2) is 9.91 Å². The molecule has 0 aliphatic rings. The van der Waals surface area contributed by atoms with Crippen molar-refractivity contribution < 1.29 is 4.92 Å². The summed E-state index contributed by atoms with van der Waals surface area (Å²) in [5.41, 5.74) is 2.31. The van der Waals surface area contributed by atoms with Crippen molar-refractivity contribution in [1.82, 2.24) is 4.98 Å². The number of nitrogens with one attached hydrogen (secondary N) is 1. The van der Waals surface area contributed by atoms with Gasteiger partial charge in [-0.1, -0.05) is 24.4 Å². The highest BCUT2D eigenvalue weighted by atomic mass is 32.1. The molecule has 5 nitrogen and oxygen atoms in total. The Labute approximate surface area is 114 Å². The first-order valence-electron chi connectivity index (χ1n) is 5.42. The molecule has 0 aliphatic carbocycles. The second-order valence-electron chi connectivity index (χ2n) is 3.99. The van der Waals surface area contributed by atoms with E-state index in [9.17, 15) is 10.1 Å². The fourth-order valence-electron chi connectivity index (χ4n) is 1.81. The van der Waals surface area contributed by atoms with Crippen LogP contribution in [-0.2, 0) is 0 Å². The van der Waals surface area contributed by atoms with Crippen molar-refractivity contribution in [2.45, 2.75) is 6.92 Å². The van der Waals surface area contributed by atoms with Crippen LogP contribution >= 0.6 is 12.2 Å². The molecule has 0 fully saturated rings. The summed E-state index contributed by atoms with van der Waals surface area (Å²) >= 11 is 5.10. The van der Waals surface area contributed by atoms with Crippen LogP contribution in [0, 0.1) is 33.0 Å². The number of nitro groups is 1. The van der Waals surface area contributed by atoms with Crippen LogP contribution in [0.2, 0.25) is 0 Å². The molecule has 1 N–H and O–H groups in total. The van der Waals surface area contributed by atoms with Gasteiger partial charge in [-0.3, -0.25) is 10.1 Å². The van der Waals surface area contributed by atoms with Crippen LogP contribution in [0.3, 0.4) is 0 Å². The van der Waals surface area contributed by atoms with E-state index in [0.29, 0.717) is 21.3 Å². The highest BCUT2D eigenvalue weighted by Crippen LogP contribution is 2.27. The van der Waals surface area contributed by atoms with Crippen molar-refractivity contribution in [3.8, 4) is 17.2 Å². The van der Waals surface area contributed by atoms with Crippen LogP contribution in [0.4, 0.5) is 5.69 Å². The lowest BCUT2D eigenvalue weighted by Gasteiger charge is -2.06. The molecule has 0 amide bonds. The minimum absolute atomic E-state index is 0.0159. The standard InChI is InChI=1S/C13H9N3O2S/c1-8-5-11(12(7-14)13(19)15-8)9-3-2-4-10(6-9)16(17)18/h2-6H,1H3,(H,15,19). The number of nitrogens with zero attached hydrogens (tertiary/aromatic N) is 2. The number of rotatable bonds is 2. The van der Waals surface area contributed by atoms with E-state index in [2.05, 4.69) is 4.98 Å². The summed E-state index contributed by atoms with van der Waals surface area (Å²) in [7, 11) is 0. The van der Waals surface area contributed by atoms with Gasteiger partial charge in [0.15, 0.2) is 0 Å². The molecule has 2 aromatic rings. The molecule has 0 spiro atoms. The lowest BCUT2D eigenvalue weighted by Crippen LogP contribution is -1.93. The summed E-state index contributed by atoms with van der Waals surface area (Å²) < 4.78 is 0.337. The van der Waals surface area contributed by atoms with Gasteiger partial charge in [0, 0.05) is 23.4 Å². The molecule has 0 aliphatic heterocycles. The Kier molecular flexibility index (Phi) is 3.40. The summed E-state index contributed by atoms with van der Waals surface area (Å²) in [6.07, 6.45) is 0. The van der Waals surface area contributed by atoms with Gasteiger partial charge in [0.1, 0.15) is 10.7 Å². The largest absolute Gasteiger partial charge is 0.349 e. The Balaban J connectivity index is 2.72. The summed E-state index contributed by atoms with van der Waals surface area (Å²) in [5, 5.41) is 19.9. The predicted octanol–water partition coefficient (Wildman–Crippen LogP) is 3.50. The first-order valence-corrected chi connectivity index (χ1v) is 5.82. The Morgan fingerprint density at radius 1 is 1.42 bits per heavy atom. The number of nitriles is 1. The minimum atomic E-state index is -0.466. The summed E-state index contributed by atoms with van der Waals surface area (Å²) in [4.78, 5) is 13.2. The molecular weight excluding hydrogens is 262 g/mol. The molecule has 94 valence electrons. The molecule has 0 atom stereocenters. The van der Waals surface area contributed by atoms with Gasteiger partial charge < -0.3 is 4.98 Å². The molecule has 0 bridgehead atoms. The van der Waals surface area contributed by atoms with Gasteiger partial charge in [-0.2, -0.15) is 5.26 Å². The first kappa shape index (κ1) is 12.9. The molecule has 1 heterocycles. The van der Waals surface area contributed by atoms with E-state index in [-0.39, 0.29) is 5.69 Å². The molecule has 0 saturated heterocycles. The fraction of sp³-hybridized carbons (Fsp3) is 0.0769. The number of aryl methyl sites for hydroxylation is 1. The van der Waals surface area contributed by atoms with Crippen LogP contribution in [0.25, 0.3) is 11.1 Å². The van der Waals surface area contributed by atoms with E-state index in [1.54, 1.807) is 18.2 Å². The van der Waals surface area contributed by atoms with E-state index < -0.39 is 4.92 Å². The van der Waals surface area contributed by atoms with Crippen LogP contribution in [0.5, 0.6) is 0 Å². The van der Waals surface area contributed by atoms with Gasteiger partial charge in [-0.15, -0.1) is 0 Å². The summed E-state index contributed by atoms with van der Waals surface area (Å²) in [6.45, 7) is 1.82. The number of nitro benzene ring substituents is 1. The maximum absolute atomic E-state index is 10.8. The zero-order valence-corrected chi connectivity index (χ0v) is 10.8. The number of hydrogen-bond donors (Lipinski definition) is 1. The smallest absolute Gasteiger partial charge is 0.270 e. The predicted molar refractivity (Wildman–Crippen MR) is 73.2 cm³/mol. The summed E-state index contributed by atoms with van der Waals surface area (Å²) in [6, 6.07) is 9.94. The number of aromatic amines is 1. The Bertz CT molecular complexity index is 759. The third-order valence-corrected chi connectivity index (χ3v) is 2.95. The van der Waals surface area contributed by atoms with Gasteiger partial charge in [0.2, 0.25) is 0 Å². The molecule has 1 aromatic carbocycles. The Morgan fingerprint density at radius 3 is 2.79 bits per heavy atom. The second-order valence-corrected chi connectivity index (χ2v) is 4.40. The SMILES string of the molecule is Cc1cc(-c2cccc([N+](=O)[O-])c2)c(C#N)c(=S)[nH]1. The lowest BCUT2D eigenvalue weighted by atomic mass is 10.0. The van der Waals surface area contributed by atoms with Gasteiger partial charge in [-0.05, 0) is 18.6 Å². The van der Waals surface area contributed by atoms with Crippen LogP contribution in [0.1, 0.15) is 11.3 Å². The van der Waals surface area contributed by atoms with Crippen LogP contribution < -0.4 is 0 Å². The van der Waals surface area contributed by atoms with E-state index in [0.717, 1.165) is 5.69 Å². The molecular formula is C13H9N3O2S. The molecule has 0 radical (unpaired) electrons. The van der Waals surface area contributed by atoms with Gasteiger partial charge in [0.05, 0.1) is 10.5 Å². The van der Waals surface area contributed by atoms with E-state index >= 15 is 0 Å². The quantitative estimate of drug-likeness (QED) is 0.514. The van der Waals surface area contributed by atoms with Gasteiger partial charge >= 0.3 is 0 Å². The van der Waals surface area contributed by atoms with Crippen molar-refractivity contribution >= 4 is 17.9 Å². The van der Waals surface area contributed by atoms with Crippen molar-refractivity contribution in [3.63, 3.8) is 0 Å². The number of hydrogen-bond acceptors (Lipinski definition) is 4. The highest BCUT2D eigenvalue weighted by molar-refractivity contribution is 7.71. The molecule has 0 saturated carbocycles. The lowest BCUT2D eigenvalue weighted by molar-refractivity contribution is -0.384. The highest BCUT2D eigenvalue weighted by Gasteiger charge is 2.12. The number of benzene rings is 1. The molecule has 0 unspecified atom stereocenters. The fourth-order valence-corrected chi connectivity index (χ4v) is 2.13. The summed E-state index contributed by atoms with van der Waals surface area (Å²) in [5.74, 6) is 0. The maximum atomic E-state index is 10.8. The molecule has 19 heavy (non-hydrogen) atoms. The number of aromatic nitrogens is 1.